The van der Waals surface area contributed by atoms with Crippen molar-refractivity contribution in [1.29, 1.82) is 0 Å². The second kappa shape index (κ2) is 3.30. The molecule has 0 unspecified atom stereocenters. The summed E-state index contributed by atoms with van der Waals surface area (Å²) in [6, 6.07) is 3.13. The van der Waals surface area contributed by atoms with Crippen LogP contribution in [0.2, 0.25) is 0 Å². The highest BCUT2D eigenvalue weighted by Gasteiger charge is 2.07. The summed E-state index contributed by atoms with van der Waals surface area (Å²) < 4.78 is 16.3. The van der Waals surface area contributed by atoms with E-state index in [1.807, 2.05) is 0 Å². The van der Waals surface area contributed by atoms with Gasteiger partial charge in [0.25, 0.3) is 0 Å². The minimum Gasteiger partial charge on any atom is -0.505 e. The molecule has 0 fully saturated rings. The molecule has 0 saturated carbocycles. The van der Waals surface area contributed by atoms with E-state index in [-0.39, 0.29) is 17.2 Å². The van der Waals surface area contributed by atoms with Crippen LogP contribution in [0.4, 0.5) is 10.1 Å². The van der Waals surface area contributed by atoms with Crippen LogP contribution >= 0.6 is 0 Å². The number of ether oxygens (including phenoxy) is 1. The van der Waals surface area contributed by atoms with E-state index in [1.165, 1.54) is 6.07 Å². The first kappa shape index (κ1) is 8.64. The van der Waals surface area contributed by atoms with Crippen molar-refractivity contribution in [1.82, 2.24) is 0 Å². The van der Waals surface area contributed by atoms with Crippen molar-refractivity contribution >= 4 is 5.69 Å². The highest BCUT2D eigenvalue weighted by atomic mass is 19.1. The Hall–Kier alpha value is -1.45. The second-order valence-corrected chi connectivity index (χ2v) is 2.40. The third-order valence-corrected chi connectivity index (χ3v) is 1.59. The minimum atomic E-state index is -0.952. The van der Waals surface area contributed by atoms with Gasteiger partial charge >= 0.3 is 0 Å². The van der Waals surface area contributed by atoms with Gasteiger partial charge in [0.15, 0.2) is 0 Å². The van der Waals surface area contributed by atoms with Crippen LogP contribution in [0, 0.1) is 6.92 Å². The summed E-state index contributed by atoms with van der Waals surface area (Å²) in [5.41, 5.74) is 6.14. The average Bonchev–Trinajstić information content (AvgIpc) is 2.07. The lowest BCUT2D eigenvalue weighted by atomic mass is 10.2. The van der Waals surface area contributed by atoms with Gasteiger partial charge in [-0.1, -0.05) is 6.07 Å². The van der Waals surface area contributed by atoms with E-state index in [0.717, 1.165) is 0 Å². The first-order valence-electron chi connectivity index (χ1n) is 3.43. The Bertz CT molecular complexity index is 289. The molecule has 3 nitrogen and oxygen atoms in total. The molecule has 0 spiro atoms. The summed E-state index contributed by atoms with van der Waals surface area (Å²) in [7, 11) is 0. The number of hydrogen-bond acceptors (Lipinski definition) is 3. The molecule has 3 N–H and O–H groups in total. The number of benzene rings is 1. The monoisotopic (exact) mass is 171 g/mol. The summed E-state index contributed by atoms with van der Waals surface area (Å²) in [4.78, 5) is 0. The molecule has 0 aliphatic heterocycles. The quantitative estimate of drug-likeness (QED) is 0.524. The first-order chi connectivity index (χ1) is 5.66. The molecule has 1 aromatic rings. The number of phenolic OH excluding ortho intramolecular Hbond substituents is 1. The molecule has 0 aliphatic rings. The van der Waals surface area contributed by atoms with Crippen LogP contribution in [0.25, 0.3) is 0 Å². The number of nitrogen functional groups attached to an aromatic ring is 1. The Morgan fingerprint density at radius 3 is 2.83 bits per heavy atom. The molecule has 0 amide bonds. The Balaban J connectivity index is 3.08. The number of aryl methyl sites for hydroxylation is 1. The highest BCUT2D eigenvalue weighted by Crippen LogP contribution is 2.33. The number of phenols is 1. The van der Waals surface area contributed by atoms with Gasteiger partial charge in [-0.25, -0.2) is 4.39 Å². The van der Waals surface area contributed by atoms with Crippen molar-refractivity contribution in [2.45, 2.75) is 6.92 Å². The molecule has 66 valence electrons. The molecule has 1 aromatic carbocycles. The zero-order valence-corrected chi connectivity index (χ0v) is 6.67. The summed E-state index contributed by atoms with van der Waals surface area (Å²) in [5.74, 6) is 0.113. The van der Waals surface area contributed by atoms with Crippen LogP contribution in [-0.2, 0) is 0 Å². The van der Waals surface area contributed by atoms with Crippen molar-refractivity contribution in [3.63, 3.8) is 0 Å². The average molecular weight is 171 g/mol. The lowest BCUT2D eigenvalue weighted by molar-refractivity contribution is 0.192. The third-order valence-electron chi connectivity index (χ3n) is 1.59. The van der Waals surface area contributed by atoms with Gasteiger partial charge in [-0.15, -0.1) is 0 Å². The smallest absolute Gasteiger partial charge is 0.228 e. The first-order valence-corrected chi connectivity index (χ1v) is 3.43. The predicted octanol–water partition coefficient (Wildman–Crippen LogP) is 1.59. The summed E-state index contributed by atoms with van der Waals surface area (Å²) in [6.45, 7) is 0.748. The molecule has 0 heterocycles. The SMILES string of the molecule is Cc1ccc(OCF)c(N)c1O. The molecule has 0 aromatic heterocycles. The van der Waals surface area contributed by atoms with Gasteiger partial charge in [0.05, 0.1) is 0 Å². The maximum Gasteiger partial charge on any atom is 0.228 e. The molecule has 0 aliphatic carbocycles. The van der Waals surface area contributed by atoms with Crippen molar-refractivity contribution in [3.8, 4) is 11.5 Å². The number of halogens is 1. The van der Waals surface area contributed by atoms with Crippen molar-refractivity contribution in [3.05, 3.63) is 17.7 Å². The molecule has 0 bridgehead atoms. The van der Waals surface area contributed by atoms with E-state index >= 15 is 0 Å². The van der Waals surface area contributed by atoms with Crippen LogP contribution in [0.15, 0.2) is 12.1 Å². The van der Waals surface area contributed by atoms with Gasteiger partial charge in [0, 0.05) is 0 Å². The summed E-state index contributed by atoms with van der Waals surface area (Å²) in [6.07, 6.45) is 0. The number of rotatable bonds is 2. The fraction of sp³-hybridized carbons (Fsp3) is 0.250. The number of hydrogen-bond donors (Lipinski definition) is 2. The molecule has 4 heteroatoms. The molecule has 0 atom stereocenters. The third kappa shape index (κ3) is 1.42. The van der Waals surface area contributed by atoms with E-state index in [2.05, 4.69) is 4.74 Å². The fourth-order valence-electron chi connectivity index (χ4n) is 0.883. The maximum absolute atomic E-state index is 11.7. The van der Waals surface area contributed by atoms with Crippen molar-refractivity contribution in [2.75, 3.05) is 12.6 Å². The molecular formula is C8H10FNO2. The second-order valence-electron chi connectivity index (χ2n) is 2.40. The minimum absolute atomic E-state index is 0.0547. The van der Waals surface area contributed by atoms with Crippen LogP contribution < -0.4 is 10.5 Å². The fourth-order valence-corrected chi connectivity index (χ4v) is 0.883. The molecule has 0 radical (unpaired) electrons. The Morgan fingerprint density at radius 2 is 2.25 bits per heavy atom. The Kier molecular flexibility index (Phi) is 2.38. The normalized spacial score (nSPS) is 9.83. The Morgan fingerprint density at radius 1 is 1.58 bits per heavy atom. The van der Waals surface area contributed by atoms with Gasteiger partial charge < -0.3 is 15.6 Å². The van der Waals surface area contributed by atoms with Gasteiger partial charge in [0.1, 0.15) is 17.2 Å². The van der Waals surface area contributed by atoms with Crippen molar-refractivity contribution < 1.29 is 14.2 Å². The summed E-state index contributed by atoms with van der Waals surface area (Å²) >= 11 is 0. The molecule has 1 rings (SSSR count). The van der Waals surface area contributed by atoms with Gasteiger partial charge in [-0.05, 0) is 18.6 Å². The van der Waals surface area contributed by atoms with E-state index in [9.17, 15) is 9.50 Å². The predicted molar refractivity (Wildman–Crippen MR) is 43.9 cm³/mol. The van der Waals surface area contributed by atoms with Crippen LogP contribution in [-0.4, -0.2) is 12.0 Å². The standard InChI is InChI=1S/C8H10FNO2/c1-5-2-3-6(12-4-9)7(10)8(5)11/h2-3,11H,4,10H2,1H3. The van der Waals surface area contributed by atoms with Gasteiger partial charge in [-0.2, -0.15) is 0 Å². The van der Waals surface area contributed by atoms with Gasteiger partial charge in [0.2, 0.25) is 6.86 Å². The maximum atomic E-state index is 11.7. The largest absolute Gasteiger partial charge is 0.505 e. The zero-order chi connectivity index (χ0) is 9.14. The number of nitrogens with two attached hydrogens (primary N) is 1. The highest BCUT2D eigenvalue weighted by molar-refractivity contribution is 5.64. The summed E-state index contributed by atoms with van der Waals surface area (Å²) in [5, 5.41) is 9.29. The van der Waals surface area contributed by atoms with Crippen LogP contribution in [0.5, 0.6) is 11.5 Å². The molecule has 0 saturated heterocycles. The van der Waals surface area contributed by atoms with Crippen LogP contribution in [0.3, 0.4) is 0 Å². The van der Waals surface area contributed by atoms with E-state index in [0.29, 0.717) is 5.56 Å². The lowest BCUT2D eigenvalue weighted by Gasteiger charge is -2.08. The van der Waals surface area contributed by atoms with Gasteiger partial charge in [-0.3, -0.25) is 0 Å². The zero-order valence-electron chi connectivity index (χ0n) is 6.67. The van der Waals surface area contributed by atoms with E-state index < -0.39 is 6.86 Å². The topological polar surface area (TPSA) is 55.5 Å². The van der Waals surface area contributed by atoms with Crippen molar-refractivity contribution in [2.24, 2.45) is 0 Å². The lowest BCUT2D eigenvalue weighted by Crippen LogP contribution is -1.96. The number of anilines is 1. The molecule has 12 heavy (non-hydrogen) atoms. The Labute approximate surface area is 69.6 Å². The van der Waals surface area contributed by atoms with E-state index in [4.69, 9.17) is 5.73 Å². The van der Waals surface area contributed by atoms with E-state index in [1.54, 1.807) is 13.0 Å². The molecular weight excluding hydrogens is 161 g/mol. The number of aromatic hydroxyl groups is 1. The van der Waals surface area contributed by atoms with Crippen LogP contribution in [0.1, 0.15) is 5.56 Å². The number of alkyl halides is 1.